The maximum Gasteiger partial charge on any atom is 0.259 e. The molecule has 0 aliphatic rings. The van der Waals surface area contributed by atoms with Gasteiger partial charge in [-0.3, -0.25) is 10.1 Å². The molecule has 0 unspecified atom stereocenters. The molecule has 2 heterocycles. The van der Waals surface area contributed by atoms with E-state index >= 15 is 0 Å². The van der Waals surface area contributed by atoms with Crippen LogP contribution in [0.5, 0.6) is 0 Å². The lowest BCUT2D eigenvalue weighted by molar-refractivity contribution is 0.102. The first-order chi connectivity index (χ1) is 12.2. The van der Waals surface area contributed by atoms with Crippen molar-refractivity contribution in [3.8, 4) is 0 Å². The van der Waals surface area contributed by atoms with Crippen molar-refractivity contribution in [2.24, 2.45) is 0 Å². The summed E-state index contributed by atoms with van der Waals surface area (Å²) in [6.07, 6.45) is 3.61. The van der Waals surface area contributed by atoms with Crippen molar-refractivity contribution in [3.63, 3.8) is 0 Å². The van der Waals surface area contributed by atoms with E-state index in [0.29, 0.717) is 10.7 Å². The number of fused-ring (bicyclic) bond motifs is 1. The lowest BCUT2D eigenvalue weighted by Crippen LogP contribution is -2.11. The molecule has 1 N–H and O–H groups in total. The number of benzene rings is 2. The monoisotopic (exact) mass is 347 g/mol. The van der Waals surface area contributed by atoms with Crippen LogP contribution in [0.3, 0.4) is 0 Å². The number of amides is 1. The molecule has 0 aliphatic heterocycles. The average molecular weight is 347 g/mol. The van der Waals surface area contributed by atoms with Crippen LogP contribution in [-0.2, 0) is 6.54 Å². The van der Waals surface area contributed by atoms with Gasteiger partial charge < -0.3 is 4.57 Å². The van der Waals surface area contributed by atoms with E-state index in [4.69, 9.17) is 0 Å². The smallest absolute Gasteiger partial charge is 0.259 e. The van der Waals surface area contributed by atoms with Crippen LogP contribution in [-0.4, -0.2) is 15.5 Å². The highest BCUT2D eigenvalue weighted by Gasteiger charge is 2.16. The number of nitrogens with zero attached hydrogens (tertiary/aromatic N) is 2. The lowest BCUT2D eigenvalue weighted by Gasteiger charge is -2.05. The predicted molar refractivity (Wildman–Crippen MR) is 102 cm³/mol. The number of rotatable bonds is 4. The molecule has 1 amide bonds. The van der Waals surface area contributed by atoms with Crippen molar-refractivity contribution >= 4 is 33.3 Å². The zero-order valence-electron chi connectivity index (χ0n) is 13.8. The molecule has 0 atom stereocenters. The van der Waals surface area contributed by atoms with Crippen LogP contribution in [0.4, 0.5) is 5.13 Å². The number of hydrogen-bond acceptors (Lipinski definition) is 3. The van der Waals surface area contributed by atoms with E-state index in [1.807, 2.05) is 36.7 Å². The summed E-state index contributed by atoms with van der Waals surface area (Å²) in [4.78, 5) is 16.9. The SMILES string of the molecule is Cc1ccc2c(c1)c(C(=O)Nc1nccs1)cn2Cc1ccccc1. The summed E-state index contributed by atoms with van der Waals surface area (Å²) in [6, 6.07) is 16.5. The standard InChI is InChI=1S/C20H17N3OS/c1-14-7-8-18-16(11-14)17(19(24)22-20-21-9-10-25-20)13-23(18)12-15-5-3-2-4-6-15/h2-11,13H,12H2,1H3,(H,21,22,24). The fraction of sp³-hybridized carbons (Fsp3) is 0.100. The van der Waals surface area contributed by atoms with E-state index < -0.39 is 0 Å². The van der Waals surface area contributed by atoms with E-state index in [1.165, 1.54) is 16.9 Å². The normalized spacial score (nSPS) is 10.9. The third-order valence-electron chi connectivity index (χ3n) is 4.13. The quantitative estimate of drug-likeness (QED) is 0.581. The Morgan fingerprint density at radius 2 is 2.04 bits per heavy atom. The van der Waals surface area contributed by atoms with Crippen molar-refractivity contribution in [2.45, 2.75) is 13.5 Å². The van der Waals surface area contributed by atoms with E-state index in [-0.39, 0.29) is 5.91 Å². The highest BCUT2D eigenvalue weighted by molar-refractivity contribution is 7.13. The van der Waals surface area contributed by atoms with Crippen molar-refractivity contribution in [3.05, 3.63) is 83.0 Å². The molecule has 124 valence electrons. The molecular formula is C20H17N3OS. The van der Waals surface area contributed by atoms with Gasteiger partial charge in [-0.2, -0.15) is 0 Å². The fourth-order valence-electron chi connectivity index (χ4n) is 2.95. The van der Waals surface area contributed by atoms with Crippen LogP contribution in [0.2, 0.25) is 0 Å². The van der Waals surface area contributed by atoms with E-state index in [1.54, 1.807) is 6.20 Å². The minimum Gasteiger partial charge on any atom is -0.342 e. The topological polar surface area (TPSA) is 46.9 Å². The number of nitrogens with one attached hydrogen (secondary N) is 1. The second kappa shape index (κ2) is 6.53. The number of aromatic nitrogens is 2. The van der Waals surface area contributed by atoms with Crippen LogP contribution in [0.25, 0.3) is 10.9 Å². The Bertz CT molecular complexity index is 1020. The molecule has 0 radical (unpaired) electrons. The third-order valence-corrected chi connectivity index (χ3v) is 4.82. The molecule has 2 aromatic heterocycles. The molecule has 0 saturated heterocycles. The van der Waals surface area contributed by atoms with Gasteiger partial charge in [-0.15, -0.1) is 11.3 Å². The Labute approximate surface area is 149 Å². The number of anilines is 1. The molecule has 0 bridgehead atoms. The second-order valence-corrected chi connectivity index (χ2v) is 6.86. The van der Waals surface area contributed by atoms with Crippen molar-refractivity contribution in [2.75, 3.05) is 5.32 Å². The molecule has 4 aromatic rings. The van der Waals surface area contributed by atoms with Gasteiger partial charge in [-0.25, -0.2) is 4.98 Å². The number of carbonyl (C=O) groups is 1. The highest BCUT2D eigenvalue weighted by Crippen LogP contribution is 2.25. The van der Waals surface area contributed by atoms with E-state index in [9.17, 15) is 4.79 Å². The first-order valence-electron chi connectivity index (χ1n) is 8.05. The molecule has 25 heavy (non-hydrogen) atoms. The molecular weight excluding hydrogens is 330 g/mol. The summed E-state index contributed by atoms with van der Waals surface area (Å²) in [6.45, 7) is 2.77. The molecule has 2 aromatic carbocycles. The molecule has 0 aliphatic carbocycles. The highest BCUT2D eigenvalue weighted by atomic mass is 32.1. The molecule has 4 nitrogen and oxygen atoms in total. The molecule has 0 fully saturated rings. The Morgan fingerprint density at radius 3 is 2.80 bits per heavy atom. The lowest BCUT2D eigenvalue weighted by atomic mass is 10.1. The van der Waals surface area contributed by atoms with Crippen molar-refractivity contribution in [1.29, 1.82) is 0 Å². The summed E-state index contributed by atoms with van der Waals surface area (Å²) in [7, 11) is 0. The van der Waals surface area contributed by atoms with Gasteiger partial charge in [0.25, 0.3) is 5.91 Å². The largest absolute Gasteiger partial charge is 0.342 e. The number of hydrogen-bond donors (Lipinski definition) is 1. The molecule has 0 spiro atoms. The van der Waals surface area contributed by atoms with Crippen LogP contribution in [0.1, 0.15) is 21.5 Å². The van der Waals surface area contributed by atoms with Crippen LogP contribution in [0.15, 0.2) is 66.3 Å². The minimum absolute atomic E-state index is 0.127. The first-order valence-corrected chi connectivity index (χ1v) is 8.93. The van der Waals surface area contributed by atoms with Gasteiger partial charge in [0, 0.05) is 35.2 Å². The second-order valence-electron chi connectivity index (χ2n) is 5.97. The predicted octanol–water partition coefficient (Wildman–Crippen LogP) is 4.71. The van der Waals surface area contributed by atoms with Gasteiger partial charge >= 0.3 is 0 Å². The van der Waals surface area contributed by atoms with Gasteiger partial charge in [-0.1, -0.05) is 42.0 Å². The zero-order valence-corrected chi connectivity index (χ0v) is 14.6. The number of aryl methyl sites for hydroxylation is 1. The van der Waals surface area contributed by atoms with Gasteiger partial charge in [0.05, 0.1) is 5.56 Å². The van der Waals surface area contributed by atoms with Gasteiger partial charge in [0.2, 0.25) is 0 Å². The maximum absolute atomic E-state index is 12.7. The summed E-state index contributed by atoms with van der Waals surface area (Å²) in [5.41, 5.74) is 4.06. The van der Waals surface area contributed by atoms with Crippen LogP contribution >= 0.6 is 11.3 Å². The summed E-state index contributed by atoms with van der Waals surface area (Å²) in [5.74, 6) is -0.127. The Morgan fingerprint density at radius 1 is 1.20 bits per heavy atom. The summed E-state index contributed by atoms with van der Waals surface area (Å²) >= 11 is 1.41. The molecule has 4 rings (SSSR count). The van der Waals surface area contributed by atoms with E-state index in [2.05, 4.69) is 45.2 Å². The van der Waals surface area contributed by atoms with Gasteiger partial charge in [-0.05, 0) is 24.6 Å². The molecule has 0 saturated carbocycles. The van der Waals surface area contributed by atoms with Crippen molar-refractivity contribution < 1.29 is 4.79 Å². The summed E-state index contributed by atoms with van der Waals surface area (Å²) < 4.78 is 2.13. The first kappa shape index (κ1) is 15.6. The van der Waals surface area contributed by atoms with Crippen LogP contribution < -0.4 is 5.32 Å². The maximum atomic E-state index is 12.7. The Kier molecular flexibility index (Phi) is 4.07. The zero-order chi connectivity index (χ0) is 17.2. The van der Waals surface area contributed by atoms with Gasteiger partial charge in [0.1, 0.15) is 0 Å². The van der Waals surface area contributed by atoms with Crippen LogP contribution in [0, 0.1) is 6.92 Å². The number of carbonyl (C=O) groups excluding carboxylic acids is 1. The van der Waals surface area contributed by atoms with Gasteiger partial charge in [0.15, 0.2) is 5.13 Å². The molecule has 5 heteroatoms. The Hall–Kier alpha value is -2.92. The van der Waals surface area contributed by atoms with Crippen molar-refractivity contribution in [1.82, 2.24) is 9.55 Å². The number of thiazole rings is 1. The summed E-state index contributed by atoms with van der Waals surface area (Å²) in [5, 5.41) is 6.30. The average Bonchev–Trinajstić information content (AvgIpc) is 3.24. The minimum atomic E-state index is -0.127. The Balaban J connectivity index is 1.75. The third kappa shape index (κ3) is 3.19. The fourth-order valence-corrected chi connectivity index (χ4v) is 3.48. The van der Waals surface area contributed by atoms with E-state index in [0.717, 1.165) is 23.0 Å².